The lowest BCUT2D eigenvalue weighted by atomic mass is 10.1. The number of nitrogens with zero attached hydrogens (tertiary/aromatic N) is 2. The van der Waals surface area contributed by atoms with Crippen molar-refractivity contribution in [3.8, 4) is 0 Å². The molecule has 1 aliphatic heterocycles. The van der Waals surface area contributed by atoms with Gasteiger partial charge in [-0.25, -0.2) is 0 Å². The van der Waals surface area contributed by atoms with Crippen molar-refractivity contribution in [2.24, 2.45) is 4.99 Å². The van der Waals surface area contributed by atoms with Crippen LogP contribution in [0.4, 0.5) is 0 Å². The summed E-state index contributed by atoms with van der Waals surface area (Å²) in [6.07, 6.45) is 4.03. The summed E-state index contributed by atoms with van der Waals surface area (Å²) in [4.78, 5) is 31.4. The Bertz CT molecular complexity index is 1190. The molecule has 1 unspecified atom stereocenters. The van der Waals surface area contributed by atoms with Crippen LogP contribution in [0.15, 0.2) is 59.7 Å². The number of hydrogen-bond acceptors (Lipinski definition) is 4. The number of ether oxygens (including phenoxy) is 1. The van der Waals surface area contributed by atoms with Crippen molar-refractivity contribution in [3.05, 3.63) is 86.1 Å². The topological polar surface area (TPSA) is 72.7 Å². The summed E-state index contributed by atoms with van der Waals surface area (Å²) in [5.74, 6) is -0.483. The molecule has 0 radical (unpaired) electrons. The summed E-state index contributed by atoms with van der Waals surface area (Å²) in [6, 6.07) is 14.2. The second-order valence-corrected chi connectivity index (χ2v) is 9.33. The minimum atomic E-state index is -0.356. The molecule has 6 nitrogen and oxygen atoms in total. The molecule has 1 fully saturated rings. The van der Waals surface area contributed by atoms with Crippen molar-refractivity contribution >= 4 is 34.8 Å². The molecule has 0 saturated carbocycles. The molecule has 3 aromatic rings. The van der Waals surface area contributed by atoms with Gasteiger partial charge in [0.15, 0.2) is 4.80 Å². The minimum absolute atomic E-state index is 0.0860. The molecule has 1 aromatic heterocycles. The van der Waals surface area contributed by atoms with Crippen molar-refractivity contribution < 1.29 is 14.3 Å². The lowest BCUT2D eigenvalue weighted by molar-refractivity contribution is 0.0856. The summed E-state index contributed by atoms with van der Waals surface area (Å²) in [7, 11) is 0. The highest BCUT2D eigenvalue weighted by Crippen LogP contribution is 2.15. The molecule has 1 atom stereocenters. The van der Waals surface area contributed by atoms with Crippen LogP contribution in [0, 0.1) is 6.92 Å². The second kappa shape index (κ2) is 10.3. The number of carbonyl (C=O) groups excluding carboxylic acids is 2. The van der Waals surface area contributed by atoms with Gasteiger partial charge in [0.1, 0.15) is 0 Å². The first-order valence-corrected chi connectivity index (χ1v) is 11.7. The third-order valence-corrected chi connectivity index (χ3v) is 6.39. The van der Waals surface area contributed by atoms with Crippen LogP contribution < -0.4 is 10.1 Å². The highest BCUT2D eigenvalue weighted by molar-refractivity contribution is 7.09. The molecule has 1 N–H and O–H groups in total. The maximum Gasteiger partial charge on any atom is 0.279 e. The van der Waals surface area contributed by atoms with E-state index in [0.717, 1.165) is 29.9 Å². The summed E-state index contributed by atoms with van der Waals surface area (Å²) < 4.78 is 7.49. The normalized spacial score (nSPS) is 16.3. The molecule has 32 heavy (non-hydrogen) atoms. The van der Waals surface area contributed by atoms with Gasteiger partial charge in [-0.15, -0.1) is 11.3 Å². The Morgan fingerprint density at radius 2 is 2.09 bits per heavy atom. The Labute approximate surface area is 195 Å². The molecule has 166 valence electrons. The van der Waals surface area contributed by atoms with Crippen LogP contribution in [0.25, 0.3) is 0 Å². The van der Waals surface area contributed by atoms with Gasteiger partial charge >= 0.3 is 0 Å². The minimum Gasteiger partial charge on any atom is -0.376 e. The number of aryl methyl sites for hydroxylation is 1. The van der Waals surface area contributed by atoms with Crippen LogP contribution in [0.2, 0.25) is 5.02 Å². The molecular formula is C24H24ClN3O3S. The molecule has 2 amide bonds. The predicted molar refractivity (Wildman–Crippen MR) is 125 cm³/mol. The monoisotopic (exact) mass is 469 g/mol. The first kappa shape index (κ1) is 22.5. The number of thiazole rings is 1. The number of halogens is 1. The zero-order valence-electron chi connectivity index (χ0n) is 17.7. The smallest absolute Gasteiger partial charge is 0.279 e. The molecule has 1 aliphatic rings. The Hall–Kier alpha value is -2.74. The van der Waals surface area contributed by atoms with Crippen molar-refractivity contribution in [2.45, 2.75) is 32.4 Å². The average Bonchev–Trinajstić information content (AvgIpc) is 3.42. The van der Waals surface area contributed by atoms with Crippen molar-refractivity contribution in [3.63, 3.8) is 0 Å². The average molecular weight is 470 g/mol. The number of carbonyl (C=O) groups is 2. The van der Waals surface area contributed by atoms with Gasteiger partial charge in [-0.3, -0.25) is 9.59 Å². The van der Waals surface area contributed by atoms with Crippen LogP contribution >= 0.6 is 22.9 Å². The van der Waals surface area contributed by atoms with E-state index in [1.165, 1.54) is 11.3 Å². The van der Waals surface area contributed by atoms with Gasteiger partial charge in [0, 0.05) is 40.4 Å². The van der Waals surface area contributed by atoms with Crippen molar-refractivity contribution in [1.29, 1.82) is 0 Å². The predicted octanol–water partition coefficient (Wildman–Crippen LogP) is 4.21. The molecular weight excluding hydrogens is 446 g/mol. The maximum absolute atomic E-state index is 12.8. The molecule has 2 aromatic carbocycles. The fourth-order valence-electron chi connectivity index (χ4n) is 3.65. The quantitative estimate of drug-likeness (QED) is 0.587. The van der Waals surface area contributed by atoms with Gasteiger partial charge in [0.05, 0.1) is 12.6 Å². The van der Waals surface area contributed by atoms with Gasteiger partial charge in [-0.1, -0.05) is 35.9 Å². The first-order valence-electron chi connectivity index (χ1n) is 10.5. The van der Waals surface area contributed by atoms with Crippen LogP contribution in [-0.2, 0) is 11.3 Å². The van der Waals surface area contributed by atoms with Crippen LogP contribution in [-0.4, -0.2) is 35.6 Å². The number of nitrogens with one attached hydrogen (secondary N) is 1. The highest BCUT2D eigenvalue weighted by atomic mass is 35.5. The fourth-order valence-corrected chi connectivity index (χ4v) is 4.67. The number of hydrogen-bond donors (Lipinski definition) is 1. The SMILES string of the molecule is Cc1cn(Cc2ccccc2C(=O)NCC2CCCO2)c(=NC(=O)c2cccc(Cl)c2)s1. The van der Waals surface area contributed by atoms with E-state index in [2.05, 4.69) is 10.3 Å². The van der Waals surface area contributed by atoms with E-state index in [1.807, 2.05) is 42.0 Å². The zero-order chi connectivity index (χ0) is 22.5. The molecule has 0 bridgehead atoms. The third kappa shape index (κ3) is 5.54. The number of rotatable bonds is 6. The van der Waals surface area contributed by atoms with E-state index >= 15 is 0 Å². The van der Waals surface area contributed by atoms with Gasteiger partial charge < -0.3 is 14.6 Å². The Morgan fingerprint density at radius 1 is 1.25 bits per heavy atom. The van der Waals surface area contributed by atoms with E-state index in [4.69, 9.17) is 16.3 Å². The molecule has 0 aliphatic carbocycles. The molecule has 2 heterocycles. The molecule has 8 heteroatoms. The lowest BCUT2D eigenvalue weighted by Crippen LogP contribution is -2.32. The zero-order valence-corrected chi connectivity index (χ0v) is 19.3. The second-order valence-electron chi connectivity index (χ2n) is 7.68. The number of amides is 2. The fraction of sp³-hybridized carbons (Fsp3) is 0.292. The summed E-state index contributed by atoms with van der Waals surface area (Å²) in [5.41, 5.74) is 1.89. The van der Waals surface area contributed by atoms with Crippen LogP contribution in [0.5, 0.6) is 0 Å². The highest BCUT2D eigenvalue weighted by Gasteiger charge is 2.18. The van der Waals surface area contributed by atoms with Gasteiger partial charge in [0.2, 0.25) is 0 Å². The van der Waals surface area contributed by atoms with Crippen molar-refractivity contribution in [2.75, 3.05) is 13.2 Å². The van der Waals surface area contributed by atoms with Crippen LogP contribution in [0.3, 0.4) is 0 Å². The lowest BCUT2D eigenvalue weighted by Gasteiger charge is -2.13. The van der Waals surface area contributed by atoms with Gasteiger partial charge in [-0.2, -0.15) is 4.99 Å². The summed E-state index contributed by atoms with van der Waals surface area (Å²) in [5, 5.41) is 3.48. The molecule has 0 spiro atoms. The summed E-state index contributed by atoms with van der Waals surface area (Å²) >= 11 is 7.43. The van der Waals surface area contributed by atoms with E-state index in [-0.39, 0.29) is 17.9 Å². The van der Waals surface area contributed by atoms with E-state index < -0.39 is 0 Å². The number of benzene rings is 2. The summed E-state index contributed by atoms with van der Waals surface area (Å²) in [6.45, 7) is 3.65. The van der Waals surface area contributed by atoms with E-state index in [1.54, 1.807) is 24.3 Å². The van der Waals surface area contributed by atoms with E-state index in [0.29, 0.717) is 34.0 Å². The van der Waals surface area contributed by atoms with Crippen LogP contribution in [0.1, 0.15) is 44.0 Å². The third-order valence-electron chi connectivity index (χ3n) is 5.22. The first-order chi connectivity index (χ1) is 15.5. The number of aromatic nitrogens is 1. The Balaban J connectivity index is 1.56. The Morgan fingerprint density at radius 3 is 2.88 bits per heavy atom. The van der Waals surface area contributed by atoms with Crippen molar-refractivity contribution in [1.82, 2.24) is 9.88 Å². The maximum atomic E-state index is 12.8. The standard InChI is InChI=1S/C24H24ClN3O3S/c1-16-14-28(24(32-16)27-22(29)17-7-4-8-19(25)12-17)15-18-6-2-3-10-21(18)23(30)26-13-20-9-5-11-31-20/h2-4,6-8,10,12,14,20H,5,9,11,13,15H2,1H3,(H,26,30). The van der Waals surface area contributed by atoms with E-state index in [9.17, 15) is 9.59 Å². The Kier molecular flexibility index (Phi) is 7.19. The molecule has 4 rings (SSSR count). The largest absolute Gasteiger partial charge is 0.376 e. The van der Waals surface area contributed by atoms with Gasteiger partial charge in [0.25, 0.3) is 11.8 Å². The van der Waals surface area contributed by atoms with Gasteiger partial charge in [-0.05, 0) is 49.6 Å². The molecule has 1 saturated heterocycles.